The van der Waals surface area contributed by atoms with E-state index >= 15 is 0 Å². The Balaban J connectivity index is 2.43. The fourth-order valence-corrected chi connectivity index (χ4v) is 0.524. The molecule has 1 heterocycles. The summed E-state index contributed by atoms with van der Waals surface area (Å²) in [4.78, 5) is 10.1. The number of nitrogens with two attached hydrogens (primary N) is 1. The van der Waals surface area contributed by atoms with Crippen LogP contribution in [0.3, 0.4) is 0 Å². The van der Waals surface area contributed by atoms with Crippen LogP contribution in [0.25, 0.3) is 0 Å². The highest BCUT2D eigenvalue weighted by Crippen LogP contribution is 1.93. The van der Waals surface area contributed by atoms with Crippen LogP contribution in [0, 0.1) is 0 Å². The molecule has 3 N–H and O–H groups in total. The highest BCUT2D eigenvalue weighted by molar-refractivity contribution is 5.78. The number of rotatable bonds is 2. The summed E-state index contributed by atoms with van der Waals surface area (Å²) >= 11 is 0. The third-order valence-electron chi connectivity index (χ3n) is 0.910. The summed E-state index contributed by atoms with van der Waals surface area (Å²) in [5.41, 5.74) is 6.77. The summed E-state index contributed by atoms with van der Waals surface area (Å²) in [6.07, 6.45) is 2.86. The minimum Gasteiger partial charge on any atom is -0.463 e. The number of nitrogens with zero attached hydrogens (tertiary/aromatic N) is 1. The Labute approximate surface area is 62.9 Å². The van der Waals surface area contributed by atoms with Crippen molar-refractivity contribution in [2.75, 3.05) is 0 Å². The van der Waals surface area contributed by atoms with Crippen molar-refractivity contribution < 1.29 is 9.21 Å². The molecule has 0 atom stereocenters. The van der Waals surface area contributed by atoms with Gasteiger partial charge in [-0.15, -0.1) is 0 Å². The van der Waals surface area contributed by atoms with E-state index < -0.39 is 6.03 Å². The van der Waals surface area contributed by atoms with Crippen molar-refractivity contribution in [3.63, 3.8) is 0 Å². The van der Waals surface area contributed by atoms with E-state index in [-0.39, 0.29) is 0 Å². The monoisotopic (exact) mass is 153 g/mol. The van der Waals surface area contributed by atoms with Gasteiger partial charge in [-0.05, 0) is 12.1 Å². The minimum atomic E-state index is -0.701. The van der Waals surface area contributed by atoms with Gasteiger partial charge in [0.05, 0.1) is 12.5 Å². The van der Waals surface area contributed by atoms with Gasteiger partial charge in [0.2, 0.25) is 0 Å². The smallest absolute Gasteiger partial charge is 0.332 e. The molecule has 58 valence electrons. The number of amides is 2. The first kappa shape index (κ1) is 7.33. The van der Waals surface area contributed by atoms with Gasteiger partial charge in [-0.25, -0.2) is 10.2 Å². The Bertz CT molecular complexity index is 253. The van der Waals surface area contributed by atoms with Crippen molar-refractivity contribution in [3.05, 3.63) is 24.2 Å². The lowest BCUT2D eigenvalue weighted by molar-refractivity contribution is 0.249. The molecule has 0 saturated carbocycles. The second-order valence-corrected chi connectivity index (χ2v) is 1.75. The quantitative estimate of drug-likeness (QED) is 0.472. The molecule has 0 spiro atoms. The van der Waals surface area contributed by atoms with Crippen LogP contribution in [-0.4, -0.2) is 12.2 Å². The van der Waals surface area contributed by atoms with E-state index in [0.29, 0.717) is 5.76 Å². The first-order valence-electron chi connectivity index (χ1n) is 2.91. The number of hydrazone groups is 1. The van der Waals surface area contributed by atoms with Gasteiger partial charge in [-0.3, -0.25) is 0 Å². The number of hydrogen-bond donors (Lipinski definition) is 2. The molecule has 1 aromatic heterocycles. The van der Waals surface area contributed by atoms with Gasteiger partial charge in [0.25, 0.3) is 0 Å². The van der Waals surface area contributed by atoms with Crippen LogP contribution in [0.2, 0.25) is 0 Å². The lowest BCUT2D eigenvalue weighted by Gasteiger charge is -1.87. The predicted molar refractivity (Wildman–Crippen MR) is 39.0 cm³/mol. The zero-order chi connectivity index (χ0) is 8.10. The van der Waals surface area contributed by atoms with Gasteiger partial charge in [-0.1, -0.05) is 0 Å². The molecular weight excluding hydrogens is 146 g/mol. The number of carbonyl (C=O) groups excluding carboxylic acids is 1. The van der Waals surface area contributed by atoms with Gasteiger partial charge < -0.3 is 10.2 Å². The summed E-state index contributed by atoms with van der Waals surface area (Å²) in [5.74, 6) is 0.554. The summed E-state index contributed by atoms with van der Waals surface area (Å²) < 4.78 is 4.87. The number of nitrogens with one attached hydrogen (secondary N) is 1. The van der Waals surface area contributed by atoms with Crippen LogP contribution < -0.4 is 11.2 Å². The Morgan fingerprint density at radius 2 is 2.64 bits per heavy atom. The minimum absolute atomic E-state index is 0.554. The zero-order valence-corrected chi connectivity index (χ0v) is 5.65. The van der Waals surface area contributed by atoms with E-state index in [1.165, 1.54) is 12.5 Å². The normalized spacial score (nSPS) is 10.2. The maximum atomic E-state index is 10.1. The molecule has 5 heteroatoms. The molecule has 0 bridgehead atoms. The molecule has 0 aromatic carbocycles. The van der Waals surface area contributed by atoms with Gasteiger partial charge >= 0.3 is 6.03 Å². The lowest BCUT2D eigenvalue weighted by atomic mass is 10.5. The van der Waals surface area contributed by atoms with Gasteiger partial charge in [0.1, 0.15) is 5.76 Å². The van der Waals surface area contributed by atoms with E-state index in [0.717, 1.165) is 0 Å². The molecule has 5 nitrogen and oxygen atoms in total. The second kappa shape index (κ2) is 3.40. The van der Waals surface area contributed by atoms with Crippen molar-refractivity contribution in [1.29, 1.82) is 0 Å². The molecular formula is C6H7N3O2. The molecule has 0 unspecified atom stereocenters. The Hall–Kier alpha value is -1.78. The Kier molecular flexibility index (Phi) is 2.27. The van der Waals surface area contributed by atoms with Crippen LogP contribution in [0.4, 0.5) is 4.79 Å². The van der Waals surface area contributed by atoms with E-state index in [2.05, 4.69) is 5.10 Å². The molecule has 1 rings (SSSR count). The number of furan rings is 1. The molecule has 2 amide bonds. The molecule has 0 aliphatic heterocycles. The summed E-state index contributed by atoms with van der Waals surface area (Å²) in [5, 5.41) is 3.47. The summed E-state index contributed by atoms with van der Waals surface area (Å²) in [6, 6.07) is 2.71. The summed E-state index contributed by atoms with van der Waals surface area (Å²) in [7, 11) is 0. The second-order valence-electron chi connectivity index (χ2n) is 1.75. The van der Waals surface area contributed by atoms with Gasteiger partial charge in [0, 0.05) is 0 Å². The highest BCUT2D eigenvalue weighted by Gasteiger charge is 1.88. The fraction of sp³-hybridized carbons (Fsp3) is 0. The number of hydrogen-bond acceptors (Lipinski definition) is 3. The predicted octanol–water partition coefficient (Wildman–Crippen LogP) is 0.282. The number of urea groups is 1. The average molecular weight is 153 g/mol. The Morgan fingerprint density at radius 3 is 3.18 bits per heavy atom. The number of primary amides is 1. The van der Waals surface area contributed by atoms with Crippen LogP contribution in [0.5, 0.6) is 0 Å². The standard InChI is InChI=1S/C6H7N3O2/c7-6(10)9-8-4-5-2-1-3-11-5/h1-4H,(H3,7,9,10)/b8-4-. The maximum absolute atomic E-state index is 10.1. The Morgan fingerprint density at radius 1 is 1.82 bits per heavy atom. The third-order valence-corrected chi connectivity index (χ3v) is 0.910. The first-order valence-corrected chi connectivity index (χ1v) is 2.91. The largest absolute Gasteiger partial charge is 0.463 e. The molecule has 0 aliphatic rings. The van der Waals surface area contributed by atoms with Gasteiger partial charge in [0.15, 0.2) is 0 Å². The van der Waals surface area contributed by atoms with E-state index in [1.807, 2.05) is 5.43 Å². The van der Waals surface area contributed by atoms with Crippen LogP contribution in [0.1, 0.15) is 5.76 Å². The van der Waals surface area contributed by atoms with Crippen molar-refractivity contribution >= 4 is 12.2 Å². The molecule has 0 saturated heterocycles. The fourth-order valence-electron chi connectivity index (χ4n) is 0.524. The van der Waals surface area contributed by atoms with Gasteiger partial charge in [-0.2, -0.15) is 5.10 Å². The average Bonchev–Trinajstić information content (AvgIpc) is 2.39. The molecule has 1 aromatic rings. The lowest BCUT2D eigenvalue weighted by Crippen LogP contribution is -2.24. The van der Waals surface area contributed by atoms with Crippen molar-refractivity contribution in [1.82, 2.24) is 5.43 Å². The molecule has 0 aliphatic carbocycles. The molecule has 11 heavy (non-hydrogen) atoms. The SMILES string of the molecule is NC(=O)N/N=C\c1ccco1. The van der Waals surface area contributed by atoms with Crippen LogP contribution >= 0.6 is 0 Å². The topological polar surface area (TPSA) is 80.6 Å². The van der Waals surface area contributed by atoms with E-state index in [4.69, 9.17) is 10.2 Å². The summed E-state index contributed by atoms with van der Waals surface area (Å²) in [6.45, 7) is 0. The van der Waals surface area contributed by atoms with E-state index in [9.17, 15) is 4.79 Å². The van der Waals surface area contributed by atoms with Crippen molar-refractivity contribution in [2.45, 2.75) is 0 Å². The zero-order valence-electron chi connectivity index (χ0n) is 5.65. The molecule has 0 radical (unpaired) electrons. The van der Waals surface area contributed by atoms with E-state index in [1.54, 1.807) is 12.1 Å². The van der Waals surface area contributed by atoms with Crippen molar-refractivity contribution in [2.24, 2.45) is 10.8 Å². The number of carbonyl (C=O) groups is 1. The van der Waals surface area contributed by atoms with Crippen LogP contribution in [-0.2, 0) is 0 Å². The van der Waals surface area contributed by atoms with Crippen LogP contribution in [0.15, 0.2) is 27.9 Å². The molecule has 0 fully saturated rings. The highest BCUT2D eigenvalue weighted by atomic mass is 16.3. The first-order chi connectivity index (χ1) is 5.29. The maximum Gasteiger partial charge on any atom is 0.332 e. The third kappa shape index (κ3) is 2.53. The van der Waals surface area contributed by atoms with Crippen molar-refractivity contribution in [3.8, 4) is 0 Å².